The SMILES string of the molecule is CC/C=C\C/C=C\C/C=C\C/C=C\C/C=C\CCCCCCC(=O)OC[C@H](O)CO. The summed E-state index contributed by atoms with van der Waals surface area (Å²) in [5.41, 5.74) is 0. The van der Waals surface area contributed by atoms with Gasteiger partial charge in [-0.1, -0.05) is 80.5 Å². The summed E-state index contributed by atoms with van der Waals surface area (Å²) in [6.45, 7) is 1.64. The smallest absolute Gasteiger partial charge is 0.305 e. The van der Waals surface area contributed by atoms with E-state index in [4.69, 9.17) is 14.9 Å². The monoisotopic (exact) mass is 418 g/mol. The maximum Gasteiger partial charge on any atom is 0.305 e. The van der Waals surface area contributed by atoms with Crippen LogP contribution < -0.4 is 0 Å². The highest BCUT2D eigenvalue weighted by atomic mass is 16.5. The number of aliphatic hydroxyl groups excluding tert-OH is 2. The molecule has 170 valence electrons. The Kier molecular flexibility index (Phi) is 21.9. The number of carbonyl (C=O) groups is 1. The summed E-state index contributed by atoms with van der Waals surface area (Å²) < 4.78 is 4.86. The van der Waals surface area contributed by atoms with E-state index < -0.39 is 6.10 Å². The van der Waals surface area contributed by atoms with Gasteiger partial charge in [0.15, 0.2) is 0 Å². The van der Waals surface area contributed by atoms with E-state index in [-0.39, 0.29) is 19.2 Å². The van der Waals surface area contributed by atoms with E-state index in [1.54, 1.807) is 0 Å². The first-order valence-electron chi connectivity index (χ1n) is 11.4. The van der Waals surface area contributed by atoms with Crippen LogP contribution in [-0.4, -0.2) is 35.5 Å². The van der Waals surface area contributed by atoms with Crippen LogP contribution in [0.25, 0.3) is 0 Å². The Bertz CT molecular complexity index is 529. The Labute approximate surface area is 183 Å². The van der Waals surface area contributed by atoms with Gasteiger partial charge in [-0.15, -0.1) is 0 Å². The number of rotatable bonds is 19. The molecule has 0 fully saturated rings. The van der Waals surface area contributed by atoms with E-state index in [1.165, 1.54) is 0 Å². The number of hydrogen-bond acceptors (Lipinski definition) is 4. The summed E-state index contributed by atoms with van der Waals surface area (Å²) in [6, 6.07) is 0. The molecule has 0 unspecified atom stereocenters. The molecule has 30 heavy (non-hydrogen) atoms. The van der Waals surface area contributed by atoms with Crippen LogP contribution in [0.4, 0.5) is 0 Å². The molecule has 0 saturated carbocycles. The molecule has 0 aliphatic rings. The third-order valence-corrected chi connectivity index (χ3v) is 4.31. The van der Waals surface area contributed by atoms with E-state index in [2.05, 4.69) is 67.7 Å². The Morgan fingerprint density at radius 3 is 1.80 bits per heavy atom. The van der Waals surface area contributed by atoms with Gasteiger partial charge in [0.1, 0.15) is 12.7 Å². The quantitative estimate of drug-likeness (QED) is 0.154. The topological polar surface area (TPSA) is 66.8 Å². The fraction of sp³-hybridized carbons (Fsp3) is 0.577. The average Bonchev–Trinajstić information content (AvgIpc) is 2.76. The number of aliphatic hydroxyl groups is 2. The van der Waals surface area contributed by atoms with Gasteiger partial charge in [0, 0.05) is 6.42 Å². The molecule has 2 N–H and O–H groups in total. The van der Waals surface area contributed by atoms with Crippen molar-refractivity contribution in [2.75, 3.05) is 13.2 Å². The van der Waals surface area contributed by atoms with Crippen molar-refractivity contribution in [2.24, 2.45) is 0 Å². The van der Waals surface area contributed by atoms with Crippen molar-refractivity contribution in [1.29, 1.82) is 0 Å². The first-order chi connectivity index (χ1) is 14.7. The van der Waals surface area contributed by atoms with Crippen molar-refractivity contribution in [3.63, 3.8) is 0 Å². The van der Waals surface area contributed by atoms with Gasteiger partial charge in [-0.2, -0.15) is 0 Å². The van der Waals surface area contributed by atoms with Crippen molar-refractivity contribution in [1.82, 2.24) is 0 Å². The Hall–Kier alpha value is -1.91. The maximum atomic E-state index is 11.4. The zero-order valence-electron chi connectivity index (χ0n) is 18.8. The van der Waals surface area contributed by atoms with Crippen molar-refractivity contribution in [3.05, 3.63) is 60.8 Å². The number of carbonyl (C=O) groups excluding carboxylic acids is 1. The van der Waals surface area contributed by atoms with E-state index in [0.717, 1.165) is 64.2 Å². The van der Waals surface area contributed by atoms with Gasteiger partial charge >= 0.3 is 5.97 Å². The first-order valence-corrected chi connectivity index (χ1v) is 11.4. The van der Waals surface area contributed by atoms with Gasteiger partial charge in [0.05, 0.1) is 6.61 Å². The summed E-state index contributed by atoms with van der Waals surface area (Å²) in [6.07, 6.45) is 31.7. The molecular formula is C26H42O4. The minimum Gasteiger partial charge on any atom is -0.463 e. The summed E-state index contributed by atoms with van der Waals surface area (Å²) in [5, 5.41) is 17.7. The second-order valence-electron chi connectivity index (χ2n) is 7.18. The highest BCUT2D eigenvalue weighted by Gasteiger charge is 2.07. The van der Waals surface area contributed by atoms with Crippen LogP contribution in [0.3, 0.4) is 0 Å². The second kappa shape index (κ2) is 23.4. The predicted octanol–water partition coefficient (Wildman–Crippen LogP) is 5.97. The highest BCUT2D eigenvalue weighted by Crippen LogP contribution is 2.07. The molecule has 0 bridgehead atoms. The number of unbranched alkanes of at least 4 members (excludes halogenated alkanes) is 4. The van der Waals surface area contributed by atoms with Gasteiger partial charge in [-0.25, -0.2) is 0 Å². The average molecular weight is 419 g/mol. The molecule has 0 aliphatic heterocycles. The second-order valence-corrected chi connectivity index (χ2v) is 7.18. The fourth-order valence-electron chi connectivity index (χ4n) is 2.57. The molecule has 0 aromatic carbocycles. The largest absolute Gasteiger partial charge is 0.463 e. The van der Waals surface area contributed by atoms with Crippen LogP contribution in [0.1, 0.15) is 77.6 Å². The minimum atomic E-state index is -0.975. The van der Waals surface area contributed by atoms with Gasteiger partial charge < -0.3 is 14.9 Å². The van der Waals surface area contributed by atoms with Gasteiger partial charge in [-0.3, -0.25) is 4.79 Å². The van der Waals surface area contributed by atoms with Crippen LogP contribution >= 0.6 is 0 Å². The van der Waals surface area contributed by atoms with Crippen LogP contribution in [0.5, 0.6) is 0 Å². The molecule has 4 heteroatoms. The minimum absolute atomic E-state index is 0.126. The van der Waals surface area contributed by atoms with Gasteiger partial charge in [0.2, 0.25) is 0 Å². The van der Waals surface area contributed by atoms with E-state index in [0.29, 0.717) is 6.42 Å². The summed E-state index contributed by atoms with van der Waals surface area (Å²) in [7, 11) is 0. The van der Waals surface area contributed by atoms with Crippen LogP contribution in [0.2, 0.25) is 0 Å². The number of esters is 1. The Morgan fingerprint density at radius 2 is 1.27 bits per heavy atom. The first kappa shape index (κ1) is 28.1. The predicted molar refractivity (Wildman–Crippen MR) is 126 cm³/mol. The zero-order valence-corrected chi connectivity index (χ0v) is 18.8. The molecule has 0 radical (unpaired) electrons. The lowest BCUT2D eigenvalue weighted by atomic mass is 10.1. The summed E-state index contributed by atoms with van der Waals surface area (Å²) in [5.74, 6) is -0.305. The summed E-state index contributed by atoms with van der Waals surface area (Å²) in [4.78, 5) is 11.4. The molecule has 0 aliphatic carbocycles. The summed E-state index contributed by atoms with van der Waals surface area (Å²) >= 11 is 0. The van der Waals surface area contributed by atoms with E-state index in [1.807, 2.05) is 0 Å². The van der Waals surface area contributed by atoms with Gasteiger partial charge in [-0.05, 0) is 51.4 Å². The van der Waals surface area contributed by atoms with Crippen LogP contribution in [0, 0.1) is 0 Å². The third-order valence-electron chi connectivity index (χ3n) is 4.31. The van der Waals surface area contributed by atoms with E-state index >= 15 is 0 Å². The molecule has 0 heterocycles. The number of hydrogen-bond donors (Lipinski definition) is 2. The Morgan fingerprint density at radius 1 is 0.767 bits per heavy atom. The third kappa shape index (κ3) is 22.4. The molecule has 0 spiro atoms. The van der Waals surface area contributed by atoms with Crippen molar-refractivity contribution >= 4 is 5.97 Å². The molecule has 4 nitrogen and oxygen atoms in total. The lowest BCUT2D eigenvalue weighted by molar-refractivity contribution is -0.147. The molecule has 0 aromatic heterocycles. The normalized spacial score (nSPS) is 13.6. The molecule has 0 aromatic rings. The van der Waals surface area contributed by atoms with E-state index in [9.17, 15) is 4.79 Å². The molecular weight excluding hydrogens is 376 g/mol. The Balaban J connectivity index is 3.45. The highest BCUT2D eigenvalue weighted by molar-refractivity contribution is 5.69. The molecule has 0 amide bonds. The number of allylic oxidation sites excluding steroid dienone is 10. The lowest BCUT2D eigenvalue weighted by Gasteiger charge is -2.08. The molecule has 0 saturated heterocycles. The molecule has 0 rings (SSSR count). The standard InChI is InChI=1S/C26H42O4/c1-2-3-4-5-6-7-8-9-10-11-12-13-14-15-16-17-18-19-20-21-22-26(29)30-24-25(28)23-27/h3-4,6-7,9-10,12-13,15-16,25,27-28H,2,5,8,11,14,17-24H2,1H3/b4-3-,7-6-,10-9-,13-12-,16-15-/t25-/m1/s1. The van der Waals surface area contributed by atoms with Crippen molar-refractivity contribution in [2.45, 2.75) is 83.7 Å². The molecule has 1 atom stereocenters. The fourth-order valence-corrected chi connectivity index (χ4v) is 2.57. The van der Waals surface area contributed by atoms with Crippen molar-refractivity contribution in [3.8, 4) is 0 Å². The van der Waals surface area contributed by atoms with Crippen molar-refractivity contribution < 1.29 is 19.7 Å². The van der Waals surface area contributed by atoms with Gasteiger partial charge in [0.25, 0.3) is 0 Å². The van der Waals surface area contributed by atoms with Crippen LogP contribution in [-0.2, 0) is 9.53 Å². The van der Waals surface area contributed by atoms with Crippen LogP contribution in [0.15, 0.2) is 60.8 Å². The number of ether oxygens (including phenoxy) is 1. The maximum absolute atomic E-state index is 11.4. The lowest BCUT2D eigenvalue weighted by Crippen LogP contribution is -2.21. The zero-order chi connectivity index (χ0) is 22.1.